The van der Waals surface area contributed by atoms with Gasteiger partial charge in [0.15, 0.2) is 0 Å². The number of hydrogen-bond donors (Lipinski definition) is 1. The zero-order valence-electron chi connectivity index (χ0n) is 9.34. The second-order valence-electron chi connectivity index (χ2n) is 3.46. The normalized spacial score (nSPS) is 10.7. The van der Waals surface area contributed by atoms with Gasteiger partial charge in [-0.2, -0.15) is 10.2 Å². The van der Waals surface area contributed by atoms with Crippen molar-refractivity contribution in [3.8, 4) is 0 Å². The second-order valence-corrected chi connectivity index (χ2v) is 3.46. The van der Waals surface area contributed by atoms with Gasteiger partial charge in [-0.15, -0.1) is 4.91 Å². The van der Waals surface area contributed by atoms with E-state index in [2.05, 4.69) is 27.5 Å². The monoisotopic (exact) mass is 218 g/mol. The Balaban J connectivity index is 3.15. The Morgan fingerprint density at radius 2 is 2.19 bits per heavy atom. The van der Waals surface area contributed by atoms with Gasteiger partial charge in [-0.25, -0.2) is 5.43 Å². The third-order valence-corrected chi connectivity index (χ3v) is 1.85. The van der Waals surface area contributed by atoms with Crippen molar-refractivity contribution >= 4 is 17.5 Å². The predicted molar refractivity (Wildman–Crippen MR) is 65.6 cm³/mol. The van der Waals surface area contributed by atoms with Gasteiger partial charge in [0.1, 0.15) is 5.69 Å². The third-order valence-electron chi connectivity index (χ3n) is 1.85. The summed E-state index contributed by atoms with van der Waals surface area (Å²) < 4.78 is 0. The molecule has 0 aliphatic rings. The van der Waals surface area contributed by atoms with Crippen LogP contribution >= 0.6 is 0 Å². The van der Waals surface area contributed by atoms with Crippen LogP contribution < -0.4 is 5.43 Å². The smallest absolute Gasteiger partial charge is 0.111 e. The molecule has 0 bridgehead atoms. The molecule has 0 aromatic heterocycles. The first-order valence-electron chi connectivity index (χ1n) is 4.93. The van der Waals surface area contributed by atoms with Gasteiger partial charge in [0, 0.05) is 5.56 Å². The standard InChI is InChI=1S/C11H14N4O/c1-4-9-6-5-7-10(11(9)14-15-16)13-12-8(2)3/h4-8H,1H2,2-3H3,(H,14,16). The molecular weight excluding hydrogens is 204 g/mol. The quantitative estimate of drug-likeness (QED) is 0.462. The summed E-state index contributed by atoms with van der Waals surface area (Å²) >= 11 is 0. The lowest BCUT2D eigenvalue weighted by Crippen LogP contribution is -1.91. The maximum Gasteiger partial charge on any atom is 0.111 e. The minimum atomic E-state index is 0.101. The van der Waals surface area contributed by atoms with Gasteiger partial charge in [-0.1, -0.05) is 24.8 Å². The van der Waals surface area contributed by atoms with Gasteiger partial charge < -0.3 is 0 Å². The molecule has 1 aromatic rings. The number of nitrogens with zero attached hydrogens (tertiary/aromatic N) is 3. The van der Waals surface area contributed by atoms with Crippen LogP contribution in [0.1, 0.15) is 19.4 Å². The molecule has 5 nitrogen and oxygen atoms in total. The molecule has 0 spiro atoms. The van der Waals surface area contributed by atoms with E-state index in [4.69, 9.17) is 0 Å². The molecule has 0 unspecified atom stereocenters. The SMILES string of the molecule is C=Cc1cccc(N=NC(C)C)c1NN=O. The van der Waals surface area contributed by atoms with Crippen LogP contribution in [-0.4, -0.2) is 6.04 Å². The van der Waals surface area contributed by atoms with E-state index in [1.165, 1.54) is 0 Å². The van der Waals surface area contributed by atoms with E-state index in [9.17, 15) is 4.91 Å². The molecule has 0 radical (unpaired) electrons. The molecular formula is C11H14N4O. The van der Waals surface area contributed by atoms with Crippen LogP contribution in [0, 0.1) is 4.91 Å². The van der Waals surface area contributed by atoms with E-state index in [-0.39, 0.29) is 6.04 Å². The molecule has 0 aliphatic heterocycles. The van der Waals surface area contributed by atoms with Gasteiger partial charge in [0.25, 0.3) is 0 Å². The number of nitroso groups, excluding NO2 is 1. The summed E-state index contributed by atoms with van der Waals surface area (Å²) in [5.74, 6) is 0. The van der Waals surface area contributed by atoms with Crippen molar-refractivity contribution in [2.45, 2.75) is 19.9 Å². The van der Waals surface area contributed by atoms with Crippen LogP contribution in [0.2, 0.25) is 0 Å². The molecule has 1 N–H and O–H groups in total. The summed E-state index contributed by atoms with van der Waals surface area (Å²) in [6, 6.07) is 5.49. The van der Waals surface area contributed by atoms with Crippen LogP contribution in [0.25, 0.3) is 6.08 Å². The molecule has 0 amide bonds. The Labute approximate surface area is 94.2 Å². The summed E-state index contributed by atoms with van der Waals surface area (Å²) in [7, 11) is 0. The van der Waals surface area contributed by atoms with Crippen LogP contribution in [0.15, 0.2) is 40.3 Å². The Hall–Kier alpha value is -2.04. The predicted octanol–water partition coefficient (Wildman–Crippen LogP) is 3.92. The zero-order chi connectivity index (χ0) is 12.0. The van der Waals surface area contributed by atoms with Crippen molar-refractivity contribution in [1.29, 1.82) is 0 Å². The molecule has 0 aliphatic carbocycles. The summed E-state index contributed by atoms with van der Waals surface area (Å²) in [6.07, 6.45) is 1.63. The molecule has 1 rings (SSSR count). The fourth-order valence-corrected chi connectivity index (χ4v) is 1.16. The first-order chi connectivity index (χ1) is 7.69. The Morgan fingerprint density at radius 1 is 1.44 bits per heavy atom. The molecule has 0 atom stereocenters. The number of anilines is 1. The number of nitrogens with one attached hydrogen (secondary N) is 1. The van der Waals surface area contributed by atoms with Gasteiger partial charge in [0.05, 0.1) is 17.0 Å². The maximum atomic E-state index is 10.3. The van der Waals surface area contributed by atoms with Crippen LogP contribution in [0.3, 0.4) is 0 Å². The first kappa shape index (κ1) is 12.0. The average molecular weight is 218 g/mol. The van der Waals surface area contributed by atoms with Crippen molar-refractivity contribution in [2.75, 3.05) is 5.43 Å². The van der Waals surface area contributed by atoms with Crippen LogP contribution in [-0.2, 0) is 0 Å². The molecule has 0 heterocycles. The van der Waals surface area contributed by atoms with Gasteiger partial charge >= 0.3 is 0 Å². The molecule has 0 fully saturated rings. The second kappa shape index (κ2) is 5.75. The molecule has 84 valence electrons. The molecule has 0 saturated carbocycles. The Morgan fingerprint density at radius 3 is 2.75 bits per heavy atom. The van der Waals surface area contributed by atoms with Crippen molar-refractivity contribution in [1.82, 2.24) is 0 Å². The van der Waals surface area contributed by atoms with Crippen molar-refractivity contribution in [3.05, 3.63) is 35.2 Å². The topological polar surface area (TPSA) is 66.2 Å². The van der Waals surface area contributed by atoms with Crippen LogP contribution in [0.5, 0.6) is 0 Å². The fourth-order valence-electron chi connectivity index (χ4n) is 1.16. The van der Waals surface area contributed by atoms with E-state index in [0.29, 0.717) is 11.4 Å². The minimum absolute atomic E-state index is 0.101. The van der Waals surface area contributed by atoms with Crippen molar-refractivity contribution in [3.63, 3.8) is 0 Å². The number of hydrogen-bond acceptors (Lipinski definition) is 4. The summed E-state index contributed by atoms with van der Waals surface area (Å²) in [4.78, 5) is 10.3. The van der Waals surface area contributed by atoms with E-state index >= 15 is 0 Å². The molecule has 0 saturated heterocycles. The Bertz CT molecular complexity index is 412. The lowest BCUT2D eigenvalue weighted by atomic mass is 10.1. The van der Waals surface area contributed by atoms with Gasteiger partial charge in [-0.05, 0) is 19.9 Å². The van der Waals surface area contributed by atoms with Gasteiger partial charge in [0.2, 0.25) is 0 Å². The lowest BCUT2D eigenvalue weighted by molar-refractivity contribution is 0.779. The largest absolute Gasteiger partial charge is 0.239 e. The summed E-state index contributed by atoms with van der Waals surface area (Å²) in [5, 5.41) is 10.7. The maximum absolute atomic E-state index is 10.3. The van der Waals surface area contributed by atoms with E-state index in [0.717, 1.165) is 5.56 Å². The highest BCUT2D eigenvalue weighted by Crippen LogP contribution is 2.30. The highest BCUT2D eigenvalue weighted by molar-refractivity contribution is 5.76. The zero-order valence-corrected chi connectivity index (χ0v) is 9.34. The number of rotatable bonds is 5. The van der Waals surface area contributed by atoms with E-state index < -0.39 is 0 Å². The summed E-state index contributed by atoms with van der Waals surface area (Å²) in [6.45, 7) is 7.50. The fraction of sp³-hybridized carbons (Fsp3) is 0.273. The minimum Gasteiger partial charge on any atom is -0.239 e. The summed E-state index contributed by atoms with van der Waals surface area (Å²) in [5.41, 5.74) is 4.23. The highest BCUT2D eigenvalue weighted by Gasteiger charge is 2.05. The number of benzene rings is 1. The average Bonchev–Trinajstić information content (AvgIpc) is 2.27. The van der Waals surface area contributed by atoms with Crippen LogP contribution in [0.4, 0.5) is 11.4 Å². The van der Waals surface area contributed by atoms with Crippen molar-refractivity contribution < 1.29 is 0 Å². The lowest BCUT2D eigenvalue weighted by Gasteiger charge is -2.06. The molecule has 5 heteroatoms. The van der Waals surface area contributed by atoms with Gasteiger partial charge in [-0.3, -0.25) is 0 Å². The first-order valence-corrected chi connectivity index (χ1v) is 4.93. The number of para-hydroxylation sites is 1. The molecule has 1 aromatic carbocycles. The van der Waals surface area contributed by atoms with Crippen molar-refractivity contribution in [2.24, 2.45) is 15.5 Å². The van der Waals surface area contributed by atoms with E-state index in [1.807, 2.05) is 26.0 Å². The molecule has 16 heavy (non-hydrogen) atoms. The van der Waals surface area contributed by atoms with E-state index in [1.54, 1.807) is 12.1 Å². The third kappa shape index (κ3) is 2.98. The number of azo groups is 1. The Kier molecular flexibility index (Phi) is 4.32. The highest BCUT2D eigenvalue weighted by atomic mass is 16.3.